The zero-order valence-electron chi connectivity index (χ0n) is 13.1. The maximum Gasteiger partial charge on any atom is 0.184 e. The van der Waals surface area contributed by atoms with Crippen molar-refractivity contribution in [2.75, 3.05) is 5.32 Å². The third kappa shape index (κ3) is 4.20. The van der Waals surface area contributed by atoms with Crippen LogP contribution in [-0.4, -0.2) is 13.4 Å². The van der Waals surface area contributed by atoms with Gasteiger partial charge in [-0.15, -0.1) is 0 Å². The molecule has 3 rings (SSSR count). The highest BCUT2D eigenvalue weighted by Gasteiger charge is 2.15. The lowest BCUT2D eigenvalue weighted by Crippen LogP contribution is -2.06. The normalized spacial score (nSPS) is 11.2. The highest BCUT2D eigenvalue weighted by Crippen LogP contribution is 2.18. The molecule has 1 heterocycles. The highest BCUT2D eigenvalue weighted by molar-refractivity contribution is 7.90. The molecule has 0 atom stereocenters. The maximum absolute atomic E-state index is 12.4. The van der Waals surface area contributed by atoms with Gasteiger partial charge in [-0.25, -0.2) is 8.42 Å². The van der Waals surface area contributed by atoms with Gasteiger partial charge in [-0.3, -0.25) is 4.98 Å². The zero-order chi connectivity index (χ0) is 16.8. The van der Waals surface area contributed by atoms with E-state index in [9.17, 15) is 8.42 Å². The van der Waals surface area contributed by atoms with Crippen LogP contribution in [0.5, 0.6) is 0 Å². The van der Waals surface area contributed by atoms with Crippen LogP contribution in [0, 0.1) is 0 Å². The number of pyridine rings is 1. The van der Waals surface area contributed by atoms with Crippen molar-refractivity contribution in [3.8, 4) is 0 Å². The predicted octanol–water partition coefficient (Wildman–Crippen LogP) is 3.67. The number of nitrogens with one attached hydrogen (secondary N) is 1. The topological polar surface area (TPSA) is 59.1 Å². The van der Waals surface area contributed by atoms with Crippen molar-refractivity contribution in [2.45, 2.75) is 17.2 Å². The van der Waals surface area contributed by atoms with Gasteiger partial charge < -0.3 is 5.32 Å². The second kappa shape index (κ2) is 7.27. The van der Waals surface area contributed by atoms with E-state index in [2.05, 4.69) is 10.3 Å². The van der Waals surface area contributed by atoms with Crippen LogP contribution in [0.4, 0.5) is 5.69 Å². The first-order chi connectivity index (χ1) is 11.6. The molecule has 122 valence electrons. The molecule has 1 N–H and O–H groups in total. The van der Waals surface area contributed by atoms with Gasteiger partial charge in [0, 0.05) is 18.4 Å². The lowest BCUT2D eigenvalue weighted by atomic mass is 10.2. The molecule has 0 radical (unpaired) electrons. The Balaban J connectivity index is 1.67. The number of nitrogens with zero attached hydrogens (tertiary/aromatic N) is 1. The van der Waals surface area contributed by atoms with E-state index in [-0.39, 0.29) is 5.75 Å². The largest absolute Gasteiger partial charge is 0.381 e. The summed E-state index contributed by atoms with van der Waals surface area (Å²) in [5.74, 6) is -0.0926. The van der Waals surface area contributed by atoms with Crippen LogP contribution in [0.25, 0.3) is 0 Å². The Labute approximate surface area is 142 Å². The van der Waals surface area contributed by atoms with E-state index >= 15 is 0 Å². The molecule has 5 heteroatoms. The summed E-state index contributed by atoms with van der Waals surface area (Å²) in [6, 6.07) is 22.1. The summed E-state index contributed by atoms with van der Waals surface area (Å²) in [7, 11) is -3.39. The average Bonchev–Trinajstić information content (AvgIpc) is 2.62. The van der Waals surface area contributed by atoms with Crippen molar-refractivity contribution in [1.82, 2.24) is 4.98 Å². The van der Waals surface area contributed by atoms with Gasteiger partial charge in [0.15, 0.2) is 9.84 Å². The van der Waals surface area contributed by atoms with E-state index in [0.717, 1.165) is 5.69 Å². The van der Waals surface area contributed by atoms with E-state index < -0.39 is 9.84 Å². The van der Waals surface area contributed by atoms with Crippen molar-refractivity contribution in [3.63, 3.8) is 0 Å². The van der Waals surface area contributed by atoms with Crippen molar-refractivity contribution in [2.24, 2.45) is 0 Å². The highest BCUT2D eigenvalue weighted by atomic mass is 32.2. The van der Waals surface area contributed by atoms with E-state index in [4.69, 9.17) is 0 Å². The van der Waals surface area contributed by atoms with Gasteiger partial charge in [0.1, 0.15) is 0 Å². The number of aromatic nitrogens is 1. The quantitative estimate of drug-likeness (QED) is 0.745. The second-order valence-electron chi connectivity index (χ2n) is 5.44. The van der Waals surface area contributed by atoms with E-state index in [1.807, 2.05) is 30.3 Å². The fourth-order valence-corrected chi connectivity index (χ4v) is 3.62. The Morgan fingerprint density at radius 1 is 0.833 bits per heavy atom. The first kappa shape index (κ1) is 16.2. The molecule has 0 aliphatic rings. The summed E-state index contributed by atoms with van der Waals surface area (Å²) >= 11 is 0. The predicted molar refractivity (Wildman–Crippen MR) is 95.3 cm³/mol. The molecular weight excluding hydrogens is 320 g/mol. The summed E-state index contributed by atoms with van der Waals surface area (Å²) in [6.07, 6.45) is 1.60. The fourth-order valence-electron chi connectivity index (χ4n) is 2.34. The van der Waals surface area contributed by atoms with E-state index in [1.165, 1.54) is 5.56 Å². The molecule has 0 saturated heterocycles. The molecule has 0 saturated carbocycles. The molecule has 0 bridgehead atoms. The SMILES string of the molecule is O=S(=O)(Cc1ccccn1)c1ccc(NCc2ccccc2)cc1. The van der Waals surface area contributed by atoms with Crippen molar-refractivity contribution < 1.29 is 8.42 Å². The zero-order valence-corrected chi connectivity index (χ0v) is 13.9. The lowest BCUT2D eigenvalue weighted by Gasteiger charge is -2.08. The van der Waals surface area contributed by atoms with Gasteiger partial charge in [-0.1, -0.05) is 36.4 Å². The summed E-state index contributed by atoms with van der Waals surface area (Å²) in [5.41, 5.74) is 2.60. The summed E-state index contributed by atoms with van der Waals surface area (Å²) < 4.78 is 24.9. The third-order valence-electron chi connectivity index (χ3n) is 3.62. The Morgan fingerprint density at radius 2 is 1.54 bits per heavy atom. The van der Waals surface area contributed by atoms with Crippen molar-refractivity contribution in [1.29, 1.82) is 0 Å². The minimum atomic E-state index is -3.39. The lowest BCUT2D eigenvalue weighted by molar-refractivity contribution is 0.594. The molecule has 4 nitrogen and oxygen atoms in total. The van der Waals surface area contributed by atoms with Crippen LogP contribution in [0.2, 0.25) is 0 Å². The molecule has 1 aromatic heterocycles. The van der Waals surface area contributed by atoms with Crippen LogP contribution in [-0.2, 0) is 22.1 Å². The number of rotatable bonds is 6. The third-order valence-corrected chi connectivity index (χ3v) is 5.28. The van der Waals surface area contributed by atoms with Crippen LogP contribution in [0.3, 0.4) is 0 Å². The van der Waals surface area contributed by atoms with Gasteiger partial charge in [-0.05, 0) is 42.0 Å². The Morgan fingerprint density at radius 3 is 2.21 bits per heavy atom. The minimum Gasteiger partial charge on any atom is -0.381 e. The van der Waals surface area contributed by atoms with Gasteiger partial charge in [-0.2, -0.15) is 0 Å². The molecule has 0 unspecified atom stereocenters. The Bertz CT molecular complexity index is 878. The van der Waals surface area contributed by atoms with E-state index in [1.54, 1.807) is 48.7 Å². The number of anilines is 1. The molecule has 0 aliphatic heterocycles. The molecule has 24 heavy (non-hydrogen) atoms. The molecule has 0 aliphatic carbocycles. The van der Waals surface area contributed by atoms with Crippen molar-refractivity contribution >= 4 is 15.5 Å². The smallest absolute Gasteiger partial charge is 0.184 e. The summed E-state index contributed by atoms with van der Waals surface area (Å²) in [5, 5.41) is 3.28. The summed E-state index contributed by atoms with van der Waals surface area (Å²) in [6.45, 7) is 0.695. The molecular formula is C19H18N2O2S. The molecule has 2 aromatic carbocycles. The standard InChI is InChI=1S/C19H18N2O2S/c22-24(23,15-18-8-4-5-13-20-18)19-11-9-17(10-12-19)21-14-16-6-2-1-3-7-16/h1-13,21H,14-15H2. The van der Waals surface area contributed by atoms with Gasteiger partial charge in [0.2, 0.25) is 0 Å². The first-order valence-electron chi connectivity index (χ1n) is 7.64. The van der Waals surface area contributed by atoms with Crippen LogP contribution >= 0.6 is 0 Å². The monoisotopic (exact) mass is 338 g/mol. The van der Waals surface area contributed by atoms with Crippen molar-refractivity contribution in [3.05, 3.63) is 90.3 Å². The number of hydrogen-bond acceptors (Lipinski definition) is 4. The molecule has 0 spiro atoms. The molecule has 0 fully saturated rings. The first-order valence-corrected chi connectivity index (χ1v) is 9.29. The van der Waals surface area contributed by atoms with Gasteiger partial charge in [0.05, 0.1) is 16.3 Å². The summed E-state index contributed by atoms with van der Waals surface area (Å²) in [4.78, 5) is 4.38. The number of hydrogen-bond donors (Lipinski definition) is 1. The fraction of sp³-hybridized carbons (Fsp3) is 0.105. The minimum absolute atomic E-state index is 0.0926. The van der Waals surface area contributed by atoms with Gasteiger partial charge >= 0.3 is 0 Å². The molecule has 3 aromatic rings. The second-order valence-corrected chi connectivity index (χ2v) is 7.43. The average molecular weight is 338 g/mol. The molecule has 0 amide bonds. The maximum atomic E-state index is 12.4. The van der Waals surface area contributed by atoms with Gasteiger partial charge in [0.25, 0.3) is 0 Å². The van der Waals surface area contributed by atoms with E-state index in [0.29, 0.717) is 17.1 Å². The number of benzene rings is 2. The number of sulfone groups is 1. The Kier molecular flexibility index (Phi) is 4.91. The van der Waals surface area contributed by atoms with Crippen LogP contribution < -0.4 is 5.32 Å². The van der Waals surface area contributed by atoms with Crippen LogP contribution in [0.15, 0.2) is 83.9 Å². The van der Waals surface area contributed by atoms with Crippen LogP contribution in [0.1, 0.15) is 11.3 Å². The Hall–Kier alpha value is -2.66.